The fourth-order valence-corrected chi connectivity index (χ4v) is 3.29. The molecule has 2 aliphatic rings. The van der Waals surface area contributed by atoms with E-state index >= 15 is 0 Å². The summed E-state index contributed by atoms with van der Waals surface area (Å²) in [6.07, 6.45) is 0. The van der Waals surface area contributed by atoms with Crippen LogP contribution in [0.15, 0.2) is 36.4 Å². The average Bonchev–Trinajstić information content (AvgIpc) is 3.35. The Kier molecular flexibility index (Phi) is 3.53. The summed E-state index contributed by atoms with van der Waals surface area (Å²) in [5.41, 5.74) is 2.48. The maximum absolute atomic E-state index is 12.3. The third-order valence-corrected chi connectivity index (χ3v) is 4.48. The number of aromatic nitrogens is 1. The number of benzene rings is 2. The molecular weight excluding hydrogens is 350 g/mol. The Morgan fingerprint density at radius 3 is 2.67 bits per heavy atom. The van der Waals surface area contributed by atoms with Crippen LogP contribution < -0.4 is 18.9 Å². The zero-order chi connectivity index (χ0) is 18.4. The van der Waals surface area contributed by atoms with Gasteiger partial charge >= 0.3 is 5.97 Å². The van der Waals surface area contributed by atoms with E-state index in [0.29, 0.717) is 28.5 Å². The van der Waals surface area contributed by atoms with Crippen LogP contribution in [-0.2, 0) is 4.74 Å². The highest BCUT2D eigenvalue weighted by molar-refractivity contribution is 6.04. The Labute approximate surface area is 154 Å². The molecule has 0 amide bonds. The number of rotatable bonds is 3. The van der Waals surface area contributed by atoms with Crippen molar-refractivity contribution in [3.63, 3.8) is 0 Å². The first-order valence-electron chi connectivity index (χ1n) is 8.55. The molecule has 27 heavy (non-hydrogen) atoms. The van der Waals surface area contributed by atoms with Gasteiger partial charge in [-0.2, -0.15) is 0 Å². The zero-order valence-corrected chi connectivity index (χ0v) is 14.5. The van der Waals surface area contributed by atoms with Crippen molar-refractivity contribution in [3.8, 4) is 34.1 Å². The number of hydrogen-bond donors (Lipinski definition) is 0. The molecule has 0 saturated carbocycles. The second kappa shape index (κ2) is 6.05. The highest BCUT2D eigenvalue weighted by atomic mass is 16.7. The SMILES string of the molecule is CCOC(=O)c1cc(-c2ccc3c(c2)OCO3)c2c3c(ccc2n1)OCO3. The van der Waals surface area contributed by atoms with Gasteiger partial charge in [0.1, 0.15) is 5.69 Å². The highest BCUT2D eigenvalue weighted by Gasteiger charge is 2.24. The number of hydrogen-bond acceptors (Lipinski definition) is 7. The first-order valence-corrected chi connectivity index (χ1v) is 8.55. The van der Waals surface area contributed by atoms with Gasteiger partial charge in [0.15, 0.2) is 23.0 Å². The van der Waals surface area contributed by atoms with E-state index in [1.54, 1.807) is 19.1 Å². The molecule has 7 heteroatoms. The number of pyridine rings is 1. The maximum Gasteiger partial charge on any atom is 0.356 e. The van der Waals surface area contributed by atoms with Crippen LogP contribution in [-0.4, -0.2) is 31.1 Å². The van der Waals surface area contributed by atoms with Crippen LogP contribution in [0.5, 0.6) is 23.0 Å². The molecule has 0 bridgehead atoms. The van der Waals surface area contributed by atoms with Gasteiger partial charge in [-0.15, -0.1) is 0 Å². The summed E-state index contributed by atoms with van der Waals surface area (Å²) in [6, 6.07) is 10.9. The van der Waals surface area contributed by atoms with Crippen LogP contribution in [0.2, 0.25) is 0 Å². The number of ether oxygens (including phenoxy) is 5. The van der Waals surface area contributed by atoms with E-state index in [-0.39, 0.29) is 25.9 Å². The van der Waals surface area contributed by atoms with Gasteiger partial charge in [0, 0.05) is 0 Å². The van der Waals surface area contributed by atoms with E-state index in [2.05, 4.69) is 4.98 Å². The average molecular weight is 365 g/mol. The Bertz CT molecular complexity index is 1080. The molecule has 2 aliphatic heterocycles. The molecule has 3 heterocycles. The summed E-state index contributed by atoms with van der Waals surface area (Å²) in [7, 11) is 0. The van der Waals surface area contributed by atoms with Crippen LogP contribution >= 0.6 is 0 Å². The van der Waals surface area contributed by atoms with Crippen LogP contribution in [0.25, 0.3) is 22.0 Å². The molecule has 136 valence electrons. The minimum Gasteiger partial charge on any atom is -0.461 e. The van der Waals surface area contributed by atoms with E-state index in [4.69, 9.17) is 23.7 Å². The summed E-state index contributed by atoms with van der Waals surface area (Å²) < 4.78 is 27.2. The van der Waals surface area contributed by atoms with E-state index in [0.717, 1.165) is 16.5 Å². The zero-order valence-electron chi connectivity index (χ0n) is 14.5. The predicted octanol–water partition coefficient (Wildman–Crippen LogP) is 3.54. The molecule has 0 atom stereocenters. The summed E-state index contributed by atoms with van der Waals surface area (Å²) in [5, 5.41) is 0.775. The number of carbonyl (C=O) groups is 1. The largest absolute Gasteiger partial charge is 0.461 e. The molecule has 7 nitrogen and oxygen atoms in total. The number of esters is 1. The topological polar surface area (TPSA) is 76.1 Å². The lowest BCUT2D eigenvalue weighted by molar-refractivity contribution is 0.0520. The smallest absolute Gasteiger partial charge is 0.356 e. The molecule has 0 fully saturated rings. The molecule has 0 spiro atoms. The molecule has 0 N–H and O–H groups in total. The van der Waals surface area contributed by atoms with Crippen molar-refractivity contribution in [3.05, 3.63) is 42.1 Å². The maximum atomic E-state index is 12.3. The monoisotopic (exact) mass is 365 g/mol. The van der Waals surface area contributed by atoms with Crippen molar-refractivity contribution in [1.82, 2.24) is 4.98 Å². The van der Waals surface area contributed by atoms with Gasteiger partial charge in [-0.3, -0.25) is 0 Å². The lowest BCUT2D eigenvalue weighted by Crippen LogP contribution is -2.07. The van der Waals surface area contributed by atoms with Gasteiger partial charge in [0.25, 0.3) is 0 Å². The molecule has 5 rings (SSSR count). The van der Waals surface area contributed by atoms with Crippen molar-refractivity contribution in [1.29, 1.82) is 0 Å². The summed E-state index contributed by atoms with van der Waals surface area (Å²) in [5.74, 6) is 2.13. The standard InChI is InChI=1S/C20H15NO6/c1-2-23-20(22)14-8-12(11-3-5-15-17(7-11)26-9-24-15)18-13(21-14)4-6-16-19(18)27-10-25-16/h3-8H,2,9-10H2,1H3. The van der Waals surface area contributed by atoms with Gasteiger partial charge in [-0.05, 0) is 48.4 Å². The minimum absolute atomic E-state index is 0.147. The summed E-state index contributed by atoms with van der Waals surface area (Å²) in [4.78, 5) is 16.8. The van der Waals surface area contributed by atoms with Crippen LogP contribution in [0.4, 0.5) is 0 Å². The Balaban J connectivity index is 1.77. The van der Waals surface area contributed by atoms with Crippen molar-refractivity contribution in [2.75, 3.05) is 20.2 Å². The fraction of sp³-hybridized carbons (Fsp3) is 0.200. The van der Waals surface area contributed by atoms with Crippen molar-refractivity contribution < 1.29 is 28.5 Å². The van der Waals surface area contributed by atoms with Crippen LogP contribution in [0, 0.1) is 0 Å². The van der Waals surface area contributed by atoms with E-state index < -0.39 is 5.97 Å². The number of fused-ring (bicyclic) bond motifs is 4. The van der Waals surface area contributed by atoms with Gasteiger partial charge in [-0.25, -0.2) is 9.78 Å². The normalized spacial score (nSPS) is 13.8. The van der Waals surface area contributed by atoms with Gasteiger partial charge in [0.05, 0.1) is 17.5 Å². The second-order valence-corrected chi connectivity index (χ2v) is 6.04. The van der Waals surface area contributed by atoms with Crippen molar-refractivity contribution in [2.24, 2.45) is 0 Å². The van der Waals surface area contributed by atoms with Gasteiger partial charge < -0.3 is 23.7 Å². The van der Waals surface area contributed by atoms with E-state index in [1.807, 2.05) is 24.3 Å². The second-order valence-electron chi connectivity index (χ2n) is 6.04. The highest BCUT2D eigenvalue weighted by Crippen LogP contribution is 2.45. The number of nitrogens with zero attached hydrogens (tertiary/aromatic N) is 1. The van der Waals surface area contributed by atoms with E-state index in [9.17, 15) is 4.79 Å². The predicted molar refractivity (Wildman–Crippen MR) is 95.4 cm³/mol. The first kappa shape index (κ1) is 15.7. The molecule has 0 radical (unpaired) electrons. The van der Waals surface area contributed by atoms with E-state index in [1.165, 1.54) is 0 Å². The third kappa shape index (κ3) is 2.51. The Hall–Kier alpha value is -3.48. The minimum atomic E-state index is -0.473. The number of carbonyl (C=O) groups excluding carboxylic acids is 1. The van der Waals surface area contributed by atoms with Crippen molar-refractivity contribution in [2.45, 2.75) is 6.92 Å². The van der Waals surface area contributed by atoms with Crippen molar-refractivity contribution >= 4 is 16.9 Å². The first-order chi connectivity index (χ1) is 13.2. The molecule has 1 aromatic heterocycles. The fourth-order valence-electron chi connectivity index (χ4n) is 3.29. The Morgan fingerprint density at radius 1 is 1.00 bits per heavy atom. The molecule has 0 aliphatic carbocycles. The summed E-state index contributed by atoms with van der Waals surface area (Å²) >= 11 is 0. The third-order valence-electron chi connectivity index (χ3n) is 4.48. The Morgan fingerprint density at radius 2 is 1.78 bits per heavy atom. The van der Waals surface area contributed by atoms with Crippen LogP contribution in [0.3, 0.4) is 0 Å². The lowest BCUT2D eigenvalue weighted by atomic mass is 9.98. The molecule has 0 unspecified atom stereocenters. The quantitative estimate of drug-likeness (QED) is 0.657. The molecular formula is C20H15NO6. The lowest BCUT2D eigenvalue weighted by Gasteiger charge is -2.12. The van der Waals surface area contributed by atoms with Crippen LogP contribution in [0.1, 0.15) is 17.4 Å². The van der Waals surface area contributed by atoms with Gasteiger partial charge in [-0.1, -0.05) is 6.07 Å². The molecule has 0 saturated heterocycles. The van der Waals surface area contributed by atoms with Gasteiger partial charge in [0.2, 0.25) is 13.6 Å². The molecule has 3 aromatic rings. The summed E-state index contributed by atoms with van der Waals surface area (Å²) in [6.45, 7) is 2.37. The molecule has 2 aromatic carbocycles.